The van der Waals surface area contributed by atoms with E-state index in [4.69, 9.17) is 5.11 Å². The number of alkyl halides is 4. The van der Waals surface area contributed by atoms with Crippen LogP contribution in [0.3, 0.4) is 0 Å². The molecule has 0 fully saturated rings. The fraction of sp³-hybridized carbons (Fsp3) is 0.571. The van der Waals surface area contributed by atoms with Crippen LogP contribution in [0, 0.1) is 0 Å². The number of rotatable bonds is 7. The number of carboxylic acid groups (broad SMARTS) is 1. The van der Waals surface area contributed by atoms with Crippen molar-refractivity contribution in [1.82, 2.24) is 10.2 Å². The molecule has 1 rings (SSSR count). The molecule has 0 spiro atoms. The monoisotopic (exact) mass is 305 g/mol. The molecule has 0 bridgehead atoms. The summed E-state index contributed by atoms with van der Waals surface area (Å²) >= 11 is 1.67. The van der Waals surface area contributed by atoms with Crippen LogP contribution in [0.15, 0.2) is 4.34 Å². The Balaban J connectivity index is 2.47. The van der Waals surface area contributed by atoms with Gasteiger partial charge in [0.1, 0.15) is 0 Å². The molecule has 0 amide bonds. The molecule has 0 radical (unpaired) electrons. The highest BCUT2D eigenvalue weighted by Gasteiger charge is 2.40. The van der Waals surface area contributed by atoms with Crippen LogP contribution in [-0.2, 0) is 4.79 Å². The Labute approximate surface area is 107 Å². The molecule has 1 aromatic rings. The smallest absolute Gasteiger partial charge is 0.324 e. The molecular formula is C7H7F4N3O2S2. The highest BCUT2D eigenvalue weighted by atomic mass is 32.2. The van der Waals surface area contributed by atoms with E-state index in [9.17, 15) is 22.4 Å². The average Bonchev–Trinajstić information content (AvgIpc) is 2.71. The second-order valence-electron chi connectivity index (χ2n) is 2.97. The Morgan fingerprint density at radius 1 is 1.50 bits per heavy atom. The van der Waals surface area contributed by atoms with Crippen LogP contribution >= 0.6 is 23.1 Å². The zero-order valence-electron chi connectivity index (χ0n) is 8.57. The molecule has 18 heavy (non-hydrogen) atoms. The SMILES string of the molecule is O=C(O)CSc1nnc(NCC(F)(F)C(F)F)s1. The van der Waals surface area contributed by atoms with E-state index in [1.807, 2.05) is 5.32 Å². The fourth-order valence-corrected chi connectivity index (χ4v) is 2.20. The number of hydrogen-bond acceptors (Lipinski definition) is 6. The lowest BCUT2D eigenvalue weighted by atomic mass is 10.3. The minimum Gasteiger partial charge on any atom is -0.481 e. The van der Waals surface area contributed by atoms with Crippen molar-refractivity contribution in [3.8, 4) is 0 Å². The zero-order chi connectivity index (χ0) is 13.8. The van der Waals surface area contributed by atoms with E-state index >= 15 is 0 Å². The second kappa shape index (κ2) is 6.18. The van der Waals surface area contributed by atoms with Crippen molar-refractivity contribution in [2.75, 3.05) is 17.6 Å². The summed E-state index contributed by atoms with van der Waals surface area (Å²) in [5.74, 6) is -5.46. The molecule has 0 aliphatic heterocycles. The normalized spacial score (nSPS) is 11.8. The van der Waals surface area contributed by atoms with Gasteiger partial charge in [0.05, 0.1) is 12.3 Å². The van der Waals surface area contributed by atoms with E-state index in [0.29, 0.717) is 0 Å². The summed E-state index contributed by atoms with van der Waals surface area (Å²) in [5.41, 5.74) is 0. The first-order chi connectivity index (χ1) is 8.31. The number of nitrogens with one attached hydrogen (secondary N) is 1. The molecule has 0 atom stereocenters. The van der Waals surface area contributed by atoms with Gasteiger partial charge in [-0.25, -0.2) is 8.78 Å². The van der Waals surface area contributed by atoms with Crippen molar-refractivity contribution in [3.05, 3.63) is 0 Å². The summed E-state index contributed by atoms with van der Waals surface area (Å²) in [6.45, 7) is -1.26. The first-order valence-electron chi connectivity index (χ1n) is 4.39. The van der Waals surface area contributed by atoms with Crippen LogP contribution in [0.5, 0.6) is 0 Å². The first-order valence-corrected chi connectivity index (χ1v) is 6.19. The van der Waals surface area contributed by atoms with Gasteiger partial charge < -0.3 is 10.4 Å². The van der Waals surface area contributed by atoms with Crippen molar-refractivity contribution >= 4 is 34.2 Å². The number of nitrogens with zero attached hydrogens (tertiary/aromatic N) is 2. The van der Waals surface area contributed by atoms with Crippen molar-refractivity contribution in [2.24, 2.45) is 0 Å². The maximum atomic E-state index is 12.6. The van der Waals surface area contributed by atoms with E-state index in [-0.39, 0.29) is 15.2 Å². The number of aliphatic carboxylic acids is 1. The number of carboxylic acids is 1. The van der Waals surface area contributed by atoms with Crippen LogP contribution in [0.4, 0.5) is 22.7 Å². The van der Waals surface area contributed by atoms with Gasteiger partial charge in [0.2, 0.25) is 5.13 Å². The summed E-state index contributed by atoms with van der Waals surface area (Å²) in [7, 11) is 0. The third kappa shape index (κ3) is 4.64. The molecule has 2 N–H and O–H groups in total. The van der Waals surface area contributed by atoms with Gasteiger partial charge in [0.15, 0.2) is 4.34 Å². The maximum Gasteiger partial charge on any atom is 0.324 e. The summed E-state index contributed by atoms with van der Waals surface area (Å²) in [6, 6.07) is 0. The molecule has 0 saturated heterocycles. The predicted octanol–water partition coefficient (Wildman–Crippen LogP) is 2.03. The maximum absolute atomic E-state index is 12.6. The zero-order valence-corrected chi connectivity index (χ0v) is 10.2. The Bertz CT molecular complexity index is 415. The van der Waals surface area contributed by atoms with Gasteiger partial charge in [0.25, 0.3) is 0 Å². The molecular weight excluding hydrogens is 298 g/mol. The quantitative estimate of drug-likeness (QED) is 0.593. The largest absolute Gasteiger partial charge is 0.481 e. The van der Waals surface area contributed by atoms with E-state index in [0.717, 1.165) is 23.1 Å². The van der Waals surface area contributed by atoms with Crippen molar-refractivity contribution < 1.29 is 27.5 Å². The summed E-state index contributed by atoms with van der Waals surface area (Å²) in [6.07, 6.45) is -3.77. The van der Waals surface area contributed by atoms with E-state index in [2.05, 4.69) is 10.2 Å². The number of thioether (sulfide) groups is 1. The molecule has 0 aliphatic carbocycles. The van der Waals surface area contributed by atoms with Gasteiger partial charge >= 0.3 is 18.3 Å². The van der Waals surface area contributed by atoms with Crippen LogP contribution in [-0.4, -0.2) is 45.9 Å². The van der Waals surface area contributed by atoms with E-state index in [1.165, 1.54) is 0 Å². The molecule has 11 heteroatoms. The molecule has 102 valence electrons. The standard InChI is InChI=1S/C7H7F4N3O2S2/c8-4(9)7(10,11)2-12-5-13-14-6(18-5)17-1-3(15)16/h4H,1-2H2,(H,12,13)(H,15,16). The number of hydrogen-bond donors (Lipinski definition) is 2. The Morgan fingerprint density at radius 3 is 2.72 bits per heavy atom. The minimum atomic E-state index is -4.15. The lowest BCUT2D eigenvalue weighted by Gasteiger charge is -2.14. The number of carbonyl (C=O) groups is 1. The van der Waals surface area contributed by atoms with Crippen LogP contribution in [0.1, 0.15) is 0 Å². The van der Waals surface area contributed by atoms with Crippen LogP contribution < -0.4 is 5.32 Å². The Hall–Kier alpha value is -1.10. The first kappa shape index (κ1) is 15.0. The number of anilines is 1. The highest BCUT2D eigenvalue weighted by Crippen LogP contribution is 2.27. The number of aromatic nitrogens is 2. The van der Waals surface area contributed by atoms with Gasteiger partial charge in [-0.2, -0.15) is 8.78 Å². The highest BCUT2D eigenvalue weighted by molar-refractivity contribution is 8.01. The van der Waals surface area contributed by atoms with Crippen LogP contribution in [0.2, 0.25) is 0 Å². The lowest BCUT2D eigenvalue weighted by Crippen LogP contribution is -2.34. The van der Waals surface area contributed by atoms with E-state index in [1.54, 1.807) is 0 Å². The molecule has 1 heterocycles. The fourth-order valence-electron chi connectivity index (χ4n) is 0.734. The van der Waals surface area contributed by atoms with Gasteiger partial charge in [0, 0.05) is 0 Å². The predicted molar refractivity (Wildman–Crippen MR) is 57.7 cm³/mol. The third-order valence-corrected chi connectivity index (χ3v) is 3.52. The average molecular weight is 305 g/mol. The summed E-state index contributed by atoms with van der Waals surface area (Å²) < 4.78 is 49.0. The molecule has 0 aromatic carbocycles. The second-order valence-corrected chi connectivity index (χ2v) is 5.17. The molecule has 0 unspecified atom stereocenters. The van der Waals surface area contributed by atoms with Crippen molar-refractivity contribution in [2.45, 2.75) is 16.7 Å². The van der Waals surface area contributed by atoms with Gasteiger partial charge in [-0.05, 0) is 0 Å². The van der Waals surface area contributed by atoms with Crippen LogP contribution in [0.25, 0.3) is 0 Å². The minimum absolute atomic E-state index is 0.0665. The summed E-state index contributed by atoms with van der Waals surface area (Å²) in [4.78, 5) is 10.2. The lowest BCUT2D eigenvalue weighted by molar-refractivity contribution is -0.133. The van der Waals surface area contributed by atoms with Gasteiger partial charge in [-0.15, -0.1) is 10.2 Å². The molecule has 1 aromatic heterocycles. The van der Waals surface area contributed by atoms with E-state index < -0.39 is 24.9 Å². The van der Waals surface area contributed by atoms with Gasteiger partial charge in [-0.1, -0.05) is 23.1 Å². The molecule has 0 saturated carbocycles. The molecule has 0 aliphatic rings. The Morgan fingerprint density at radius 2 is 2.17 bits per heavy atom. The van der Waals surface area contributed by atoms with Gasteiger partial charge in [-0.3, -0.25) is 4.79 Å². The van der Waals surface area contributed by atoms with Crippen molar-refractivity contribution in [1.29, 1.82) is 0 Å². The van der Waals surface area contributed by atoms with Crippen molar-refractivity contribution in [3.63, 3.8) is 0 Å². The Kier molecular flexibility index (Phi) is 5.14. The molecule has 5 nitrogen and oxygen atoms in total. The number of halogens is 4. The summed E-state index contributed by atoms with van der Waals surface area (Å²) in [5, 5.41) is 17.3. The topological polar surface area (TPSA) is 75.1 Å². The third-order valence-electron chi connectivity index (χ3n) is 1.52.